The van der Waals surface area contributed by atoms with Crippen LogP contribution < -0.4 is 14.8 Å². The molecule has 2 N–H and O–H groups in total. The van der Waals surface area contributed by atoms with Gasteiger partial charge in [0.25, 0.3) is 5.91 Å². The van der Waals surface area contributed by atoms with Crippen LogP contribution >= 0.6 is 0 Å². The third kappa shape index (κ3) is 6.97. The van der Waals surface area contributed by atoms with Gasteiger partial charge in [-0.15, -0.1) is 0 Å². The predicted octanol–water partition coefficient (Wildman–Crippen LogP) is 4.68. The maximum Gasteiger partial charge on any atom is 0.333 e. The van der Waals surface area contributed by atoms with Gasteiger partial charge < -0.3 is 24.6 Å². The van der Waals surface area contributed by atoms with E-state index in [4.69, 9.17) is 14.2 Å². The van der Waals surface area contributed by atoms with Crippen LogP contribution in [-0.2, 0) is 22.5 Å². The number of hydrogen-bond donors (Lipinski definition) is 2. The minimum absolute atomic E-state index is 0.191. The van der Waals surface area contributed by atoms with E-state index in [1.54, 1.807) is 33.1 Å². The van der Waals surface area contributed by atoms with E-state index in [0.717, 1.165) is 35.3 Å². The Morgan fingerprint density at radius 3 is 2.47 bits per heavy atom. The summed E-state index contributed by atoms with van der Waals surface area (Å²) in [6, 6.07) is 11.0. The highest BCUT2D eigenvalue weighted by Crippen LogP contribution is 2.26. The average molecular weight is 470 g/mol. The molecule has 0 radical (unpaired) electrons. The Morgan fingerprint density at radius 2 is 1.85 bits per heavy atom. The quantitative estimate of drug-likeness (QED) is 0.496. The molecular formula is C27H35NO6. The zero-order chi connectivity index (χ0) is 24.7. The molecule has 184 valence electrons. The Morgan fingerprint density at radius 1 is 1.12 bits per heavy atom. The van der Waals surface area contributed by atoms with Gasteiger partial charge in [-0.1, -0.05) is 12.1 Å². The summed E-state index contributed by atoms with van der Waals surface area (Å²) in [4.78, 5) is 24.4. The van der Waals surface area contributed by atoms with E-state index in [1.807, 2.05) is 31.2 Å². The van der Waals surface area contributed by atoms with Crippen LogP contribution in [0.2, 0.25) is 0 Å². The topological polar surface area (TPSA) is 94.1 Å². The summed E-state index contributed by atoms with van der Waals surface area (Å²) in [5.41, 5.74) is 3.00. The average Bonchev–Trinajstić information content (AvgIpc) is 3.30. The van der Waals surface area contributed by atoms with E-state index in [1.165, 1.54) is 12.8 Å². The molecule has 7 heteroatoms. The number of carboxylic acids is 1. The van der Waals surface area contributed by atoms with Crippen molar-refractivity contribution in [2.24, 2.45) is 0 Å². The van der Waals surface area contributed by atoms with Crippen LogP contribution in [0.4, 0.5) is 0 Å². The Bertz CT molecular complexity index is 997. The van der Waals surface area contributed by atoms with Gasteiger partial charge in [0.05, 0.1) is 19.3 Å². The number of ether oxygens (including phenoxy) is 3. The Labute approximate surface area is 201 Å². The van der Waals surface area contributed by atoms with Crippen LogP contribution in [0.1, 0.15) is 66.6 Å². The molecule has 2 aromatic rings. The number of hydrogen-bond acceptors (Lipinski definition) is 5. The number of nitrogens with one attached hydrogen (secondary N) is 1. The molecule has 1 saturated carbocycles. The second kappa shape index (κ2) is 11.9. The molecule has 1 fully saturated rings. The maximum atomic E-state index is 12.9. The van der Waals surface area contributed by atoms with Gasteiger partial charge in [0.15, 0.2) is 6.10 Å². The summed E-state index contributed by atoms with van der Waals surface area (Å²) < 4.78 is 17.0. The molecule has 1 amide bonds. The first kappa shape index (κ1) is 25.6. The second-order valence-electron chi connectivity index (χ2n) is 9.05. The highest BCUT2D eigenvalue weighted by Gasteiger charge is 2.21. The molecular weight excluding hydrogens is 434 g/mol. The summed E-state index contributed by atoms with van der Waals surface area (Å²) in [6.45, 7) is 5.76. The van der Waals surface area contributed by atoms with Crippen LogP contribution in [0, 0.1) is 6.92 Å². The first-order valence-electron chi connectivity index (χ1n) is 11.9. The maximum absolute atomic E-state index is 12.9. The van der Waals surface area contributed by atoms with Crippen LogP contribution in [0.15, 0.2) is 36.4 Å². The number of methoxy groups -OCH3 is 1. The largest absolute Gasteiger partial charge is 0.496 e. The molecule has 3 rings (SSSR count). The normalized spacial score (nSPS) is 14.7. The van der Waals surface area contributed by atoms with E-state index < -0.39 is 12.1 Å². The second-order valence-corrected chi connectivity index (χ2v) is 9.05. The zero-order valence-corrected chi connectivity index (χ0v) is 20.4. The molecule has 7 nitrogen and oxygen atoms in total. The molecule has 0 bridgehead atoms. The number of carbonyl (C=O) groups excluding carboxylic acids is 1. The summed E-state index contributed by atoms with van der Waals surface area (Å²) in [6.07, 6.45) is 3.93. The minimum atomic E-state index is -1.00. The monoisotopic (exact) mass is 469 g/mol. The van der Waals surface area contributed by atoms with Crippen molar-refractivity contribution in [3.63, 3.8) is 0 Å². The standard InChI is InChI=1S/C27H35NO6/c1-17(2)33-25(27(30)31)15-19-9-12-24(32-4)20(14-19)16-28-26(29)23-11-10-22(13-18(23)3)34-21-7-5-6-8-21/h9-14,17,21,25H,5-8,15-16H2,1-4H3,(H,28,29)(H,30,31). The molecule has 0 saturated heterocycles. The molecule has 0 aliphatic heterocycles. The van der Waals surface area contributed by atoms with Crippen LogP contribution in [-0.4, -0.2) is 42.4 Å². The van der Waals surface area contributed by atoms with Crippen molar-refractivity contribution >= 4 is 11.9 Å². The lowest BCUT2D eigenvalue weighted by atomic mass is 10.0. The molecule has 1 atom stereocenters. The van der Waals surface area contributed by atoms with Crippen LogP contribution in [0.5, 0.6) is 11.5 Å². The minimum Gasteiger partial charge on any atom is -0.496 e. The molecule has 34 heavy (non-hydrogen) atoms. The van der Waals surface area contributed by atoms with E-state index in [-0.39, 0.29) is 31.1 Å². The van der Waals surface area contributed by atoms with Gasteiger partial charge in [0.2, 0.25) is 0 Å². The SMILES string of the molecule is COc1ccc(CC(OC(C)C)C(=O)O)cc1CNC(=O)c1ccc(OC2CCCC2)cc1C. The van der Waals surface area contributed by atoms with Gasteiger partial charge in [-0.05, 0) is 81.8 Å². The lowest BCUT2D eigenvalue weighted by molar-refractivity contribution is -0.153. The van der Waals surface area contributed by atoms with Gasteiger partial charge >= 0.3 is 5.97 Å². The van der Waals surface area contributed by atoms with E-state index in [9.17, 15) is 14.7 Å². The van der Waals surface area contributed by atoms with Gasteiger partial charge in [-0.2, -0.15) is 0 Å². The van der Waals surface area contributed by atoms with Crippen molar-refractivity contribution in [3.8, 4) is 11.5 Å². The van der Waals surface area contributed by atoms with Crippen molar-refractivity contribution < 1.29 is 28.9 Å². The van der Waals surface area contributed by atoms with Gasteiger partial charge in [-0.3, -0.25) is 4.79 Å². The van der Waals surface area contributed by atoms with Crippen molar-refractivity contribution in [2.75, 3.05) is 7.11 Å². The summed E-state index contributed by atoms with van der Waals surface area (Å²) >= 11 is 0. The Kier molecular flexibility index (Phi) is 8.93. The molecule has 1 unspecified atom stereocenters. The van der Waals surface area contributed by atoms with Gasteiger partial charge in [0.1, 0.15) is 11.5 Å². The fraction of sp³-hybridized carbons (Fsp3) is 0.481. The van der Waals surface area contributed by atoms with Crippen molar-refractivity contribution in [2.45, 2.75) is 77.7 Å². The highest BCUT2D eigenvalue weighted by molar-refractivity contribution is 5.95. The molecule has 0 spiro atoms. The Balaban J connectivity index is 1.67. The molecule has 2 aromatic carbocycles. The number of amides is 1. The predicted molar refractivity (Wildman–Crippen MR) is 130 cm³/mol. The number of carbonyl (C=O) groups is 2. The third-order valence-electron chi connectivity index (χ3n) is 5.96. The number of aliphatic carboxylic acids is 1. The number of aryl methyl sites for hydroxylation is 1. The first-order valence-corrected chi connectivity index (χ1v) is 11.9. The van der Waals surface area contributed by atoms with E-state index in [2.05, 4.69) is 5.32 Å². The lowest BCUT2D eigenvalue weighted by Gasteiger charge is -2.18. The number of rotatable bonds is 11. The number of carboxylic acid groups (broad SMARTS) is 1. The van der Waals surface area contributed by atoms with Crippen LogP contribution in [0.25, 0.3) is 0 Å². The summed E-state index contributed by atoms with van der Waals surface area (Å²) in [5.74, 6) is 0.226. The van der Waals surface area contributed by atoms with Crippen LogP contribution in [0.3, 0.4) is 0 Å². The molecule has 1 aliphatic rings. The zero-order valence-electron chi connectivity index (χ0n) is 20.4. The summed E-state index contributed by atoms with van der Waals surface area (Å²) in [5, 5.41) is 12.4. The van der Waals surface area contributed by atoms with E-state index in [0.29, 0.717) is 11.3 Å². The molecule has 0 aromatic heterocycles. The van der Waals surface area contributed by atoms with E-state index >= 15 is 0 Å². The lowest BCUT2D eigenvalue weighted by Crippen LogP contribution is -2.29. The number of benzene rings is 2. The highest BCUT2D eigenvalue weighted by atomic mass is 16.5. The van der Waals surface area contributed by atoms with Crippen molar-refractivity contribution in [1.82, 2.24) is 5.32 Å². The van der Waals surface area contributed by atoms with Crippen molar-refractivity contribution in [1.29, 1.82) is 0 Å². The van der Waals surface area contributed by atoms with Gasteiger partial charge in [0, 0.05) is 24.1 Å². The van der Waals surface area contributed by atoms with Gasteiger partial charge in [-0.25, -0.2) is 4.79 Å². The molecule has 0 heterocycles. The smallest absolute Gasteiger partial charge is 0.333 e. The van der Waals surface area contributed by atoms with Crippen molar-refractivity contribution in [3.05, 3.63) is 58.7 Å². The third-order valence-corrected chi connectivity index (χ3v) is 5.96. The molecule has 1 aliphatic carbocycles. The Hall–Kier alpha value is -3.06. The fourth-order valence-electron chi connectivity index (χ4n) is 4.27. The summed E-state index contributed by atoms with van der Waals surface area (Å²) in [7, 11) is 1.56. The fourth-order valence-corrected chi connectivity index (χ4v) is 4.27. The first-order chi connectivity index (χ1) is 16.3.